The Labute approximate surface area is 198 Å². The molecule has 0 N–H and O–H groups in total. The number of ether oxygens (including phenoxy) is 1. The molecule has 0 bridgehead atoms. The molecule has 0 heterocycles. The van der Waals surface area contributed by atoms with Crippen molar-refractivity contribution in [3.8, 4) is 17.6 Å². The zero-order valence-corrected chi connectivity index (χ0v) is 20.3. The predicted molar refractivity (Wildman–Crippen MR) is 133 cm³/mol. The summed E-state index contributed by atoms with van der Waals surface area (Å²) in [4.78, 5) is 0. The van der Waals surface area contributed by atoms with Gasteiger partial charge in [0.15, 0.2) is 11.6 Å². The monoisotopic (exact) mass is 452 g/mol. The molecule has 2 aromatic carbocycles. The van der Waals surface area contributed by atoms with E-state index in [1.165, 1.54) is 69.1 Å². The summed E-state index contributed by atoms with van der Waals surface area (Å²) in [6.07, 6.45) is 13.5. The molecule has 1 aliphatic carbocycles. The minimum Gasteiger partial charge on any atom is -0.490 e. The van der Waals surface area contributed by atoms with E-state index in [0.29, 0.717) is 12.5 Å². The molecule has 33 heavy (non-hydrogen) atoms. The Bertz CT molecular complexity index is 915. The van der Waals surface area contributed by atoms with Crippen molar-refractivity contribution in [3.63, 3.8) is 0 Å². The van der Waals surface area contributed by atoms with Crippen molar-refractivity contribution < 1.29 is 13.5 Å². The highest BCUT2D eigenvalue weighted by atomic mass is 19.2. The Kier molecular flexibility index (Phi) is 10.3. The zero-order valence-electron chi connectivity index (χ0n) is 20.3. The van der Waals surface area contributed by atoms with Crippen LogP contribution in [0.25, 0.3) is 0 Å². The van der Waals surface area contributed by atoms with E-state index in [4.69, 9.17) is 4.74 Å². The van der Waals surface area contributed by atoms with E-state index < -0.39 is 11.6 Å². The molecule has 0 unspecified atom stereocenters. The van der Waals surface area contributed by atoms with Crippen LogP contribution in [0.3, 0.4) is 0 Å². The Hall–Kier alpha value is -2.34. The second-order valence-electron chi connectivity index (χ2n) is 9.38. The molecule has 0 aromatic heterocycles. The maximum atomic E-state index is 14.4. The summed E-state index contributed by atoms with van der Waals surface area (Å²) >= 11 is 0. The number of halogens is 2. The molecule has 0 radical (unpaired) electrons. The second-order valence-corrected chi connectivity index (χ2v) is 9.38. The molecule has 1 nitrogen and oxygen atoms in total. The summed E-state index contributed by atoms with van der Waals surface area (Å²) in [7, 11) is 0. The first-order valence-electron chi connectivity index (χ1n) is 12.8. The van der Waals surface area contributed by atoms with Crippen LogP contribution < -0.4 is 4.74 Å². The molecule has 3 heteroatoms. The van der Waals surface area contributed by atoms with Gasteiger partial charge in [-0.3, -0.25) is 0 Å². The summed E-state index contributed by atoms with van der Waals surface area (Å²) in [6.45, 7) is 4.74. The maximum absolute atomic E-state index is 14.4. The molecule has 0 aliphatic heterocycles. The highest BCUT2D eigenvalue weighted by molar-refractivity contribution is 5.46. The first-order valence-corrected chi connectivity index (χ1v) is 12.8. The van der Waals surface area contributed by atoms with Crippen LogP contribution in [0.5, 0.6) is 5.75 Å². The minimum absolute atomic E-state index is 0.0430. The van der Waals surface area contributed by atoms with Crippen molar-refractivity contribution in [1.82, 2.24) is 0 Å². The third-order valence-corrected chi connectivity index (χ3v) is 6.84. The van der Waals surface area contributed by atoms with Gasteiger partial charge < -0.3 is 4.74 Å². The van der Waals surface area contributed by atoms with Crippen LogP contribution in [-0.2, 0) is 0 Å². The Morgan fingerprint density at radius 2 is 1.48 bits per heavy atom. The average molecular weight is 453 g/mol. The minimum atomic E-state index is -0.959. The first-order chi connectivity index (χ1) is 16.1. The van der Waals surface area contributed by atoms with Crippen molar-refractivity contribution in [3.05, 3.63) is 64.7 Å². The number of rotatable bonds is 10. The molecule has 3 rings (SSSR count). The SMILES string of the molecule is CCCCCOc1ccc(C#Cc2ccc([C@H]3CC[C@H](CCCCC)CC3)cc2)c(F)c1F. The topological polar surface area (TPSA) is 9.23 Å². The molecule has 1 fully saturated rings. The molecule has 1 saturated carbocycles. The Balaban J connectivity index is 1.56. The van der Waals surface area contributed by atoms with Crippen molar-refractivity contribution in [1.29, 1.82) is 0 Å². The van der Waals surface area contributed by atoms with Gasteiger partial charge in [-0.2, -0.15) is 4.39 Å². The summed E-state index contributed by atoms with van der Waals surface area (Å²) in [6, 6.07) is 11.3. The van der Waals surface area contributed by atoms with Crippen molar-refractivity contribution in [2.24, 2.45) is 5.92 Å². The van der Waals surface area contributed by atoms with E-state index in [-0.39, 0.29) is 11.3 Å². The molecule has 178 valence electrons. The molecule has 0 spiro atoms. The van der Waals surface area contributed by atoms with Gasteiger partial charge in [0.05, 0.1) is 12.2 Å². The van der Waals surface area contributed by atoms with Gasteiger partial charge in [-0.05, 0) is 73.8 Å². The van der Waals surface area contributed by atoms with Gasteiger partial charge in [0, 0.05) is 5.56 Å². The van der Waals surface area contributed by atoms with Gasteiger partial charge in [-0.15, -0.1) is 0 Å². The molecular weight excluding hydrogens is 414 g/mol. The maximum Gasteiger partial charge on any atom is 0.201 e. The van der Waals surface area contributed by atoms with Crippen molar-refractivity contribution in [2.45, 2.75) is 90.4 Å². The number of unbranched alkanes of at least 4 members (excludes halogenated alkanes) is 4. The standard InChI is InChI=1S/C30H38F2O/c1-3-5-7-9-23-10-15-25(16-11-23)26-17-12-24(13-18-26)14-19-27-20-21-28(30(32)29(27)31)33-22-8-6-4-2/h12-13,17-18,20-21,23,25H,3-11,15-16,22H2,1-2H3/t23-,25-. The molecule has 0 atom stereocenters. The summed E-state index contributed by atoms with van der Waals surface area (Å²) < 4.78 is 34.1. The van der Waals surface area contributed by atoms with Gasteiger partial charge in [-0.25, -0.2) is 4.39 Å². The van der Waals surface area contributed by atoms with Crippen LogP contribution in [0, 0.1) is 29.4 Å². The second kappa shape index (κ2) is 13.4. The summed E-state index contributed by atoms with van der Waals surface area (Å²) in [5.41, 5.74) is 2.24. The third-order valence-electron chi connectivity index (χ3n) is 6.84. The third kappa shape index (κ3) is 7.60. The molecule has 2 aromatic rings. The van der Waals surface area contributed by atoms with Crippen LogP contribution in [0.4, 0.5) is 8.78 Å². The van der Waals surface area contributed by atoms with E-state index in [1.54, 1.807) is 0 Å². The highest BCUT2D eigenvalue weighted by Crippen LogP contribution is 2.37. The molecule has 1 aliphatic rings. The highest BCUT2D eigenvalue weighted by Gasteiger charge is 2.22. The van der Waals surface area contributed by atoms with Gasteiger partial charge in [0.25, 0.3) is 0 Å². The largest absolute Gasteiger partial charge is 0.490 e. The smallest absolute Gasteiger partial charge is 0.201 e. The van der Waals surface area contributed by atoms with Crippen molar-refractivity contribution >= 4 is 0 Å². The lowest BCUT2D eigenvalue weighted by Gasteiger charge is -2.29. The van der Waals surface area contributed by atoms with Crippen LogP contribution in [0.2, 0.25) is 0 Å². The van der Waals surface area contributed by atoms with Crippen LogP contribution in [0.15, 0.2) is 36.4 Å². The van der Waals surface area contributed by atoms with E-state index in [1.807, 2.05) is 12.1 Å². The number of benzene rings is 2. The molecule has 0 amide bonds. The molecule has 0 saturated heterocycles. The predicted octanol–water partition coefficient (Wildman–Crippen LogP) is 8.79. The van der Waals surface area contributed by atoms with E-state index in [2.05, 4.69) is 37.8 Å². The number of hydrogen-bond acceptors (Lipinski definition) is 1. The fraction of sp³-hybridized carbons (Fsp3) is 0.533. The number of hydrogen-bond donors (Lipinski definition) is 0. The molecular formula is C30H38F2O. The summed E-state index contributed by atoms with van der Waals surface area (Å²) in [5, 5.41) is 0. The van der Waals surface area contributed by atoms with Crippen LogP contribution in [0.1, 0.15) is 107 Å². The van der Waals surface area contributed by atoms with E-state index >= 15 is 0 Å². The normalized spacial score (nSPS) is 17.9. The van der Waals surface area contributed by atoms with Gasteiger partial charge >= 0.3 is 0 Å². The first kappa shape index (κ1) is 25.3. The van der Waals surface area contributed by atoms with E-state index in [0.717, 1.165) is 30.7 Å². The van der Waals surface area contributed by atoms with Gasteiger partial charge in [0.1, 0.15) is 0 Å². The van der Waals surface area contributed by atoms with Gasteiger partial charge in [0.2, 0.25) is 5.82 Å². The Morgan fingerprint density at radius 1 is 0.788 bits per heavy atom. The van der Waals surface area contributed by atoms with Crippen LogP contribution >= 0.6 is 0 Å². The quantitative estimate of drug-likeness (QED) is 0.258. The van der Waals surface area contributed by atoms with Gasteiger partial charge in [-0.1, -0.05) is 76.3 Å². The fourth-order valence-electron chi connectivity index (χ4n) is 4.72. The fourth-order valence-corrected chi connectivity index (χ4v) is 4.72. The average Bonchev–Trinajstić information content (AvgIpc) is 2.85. The lowest BCUT2D eigenvalue weighted by atomic mass is 9.77. The Morgan fingerprint density at radius 3 is 2.18 bits per heavy atom. The van der Waals surface area contributed by atoms with Crippen LogP contribution in [-0.4, -0.2) is 6.61 Å². The summed E-state index contributed by atoms with van der Waals surface area (Å²) in [5.74, 6) is 5.35. The van der Waals surface area contributed by atoms with E-state index in [9.17, 15) is 8.78 Å². The lowest BCUT2D eigenvalue weighted by molar-refractivity contribution is 0.286. The van der Waals surface area contributed by atoms with Crippen molar-refractivity contribution in [2.75, 3.05) is 6.61 Å². The lowest BCUT2D eigenvalue weighted by Crippen LogP contribution is -2.13. The zero-order chi connectivity index (χ0) is 23.5.